The molecular formula is C22H24N4O2. The number of pyridine rings is 1. The van der Waals surface area contributed by atoms with E-state index in [4.69, 9.17) is 0 Å². The number of hydrogen-bond donors (Lipinski definition) is 1. The molecule has 2 aliphatic heterocycles. The Labute approximate surface area is 163 Å². The monoisotopic (exact) mass is 376 g/mol. The molecule has 6 nitrogen and oxygen atoms in total. The number of carbonyl (C=O) groups is 1. The van der Waals surface area contributed by atoms with Crippen LogP contribution in [0.15, 0.2) is 48.9 Å². The lowest BCUT2D eigenvalue weighted by Crippen LogP contribution is -2.48. The number of aromatic nitrogens is 3. The van der Waals surface area contributed by atoms with E-state index in [0.717, 1.165) is 37.0 Å². The number of fused-ring (bicyclic) bond motifs is 3. The molecule has 3 atom stereocenters. The molecule has 144 valence electrons. The number of hydrogen-bond acceptors (Lipinski definition) is 4. The van der Waals surface area contributed by atoms with E-state index in [1.807, 2.05) is 33.7 Å². The number of rotatable bonds is 4. The SMILES string of the molecule is O=C(c1cnc2c(c1)ncn2CCc1ccccc1)N1[C@@H]2CC[C@H]1CC(O)C2. The number of nitrogens with zero attached hydrogens (tertiary/aromatic N) is 4. The van der Waals surface area contributed by atoms with Crippen molar-refractivity contribution in [3.63, 3.8) is 0 Å². The summed E-state index contributed by atoms with van der Waals surface area (Å²) in [4.78, 5) is 24.1. The molecule has 2 aromatic heterocycles. The van der Waals surface area contributed by atoms with Gasteiger partial charge in [-0.2, -0.15) is 0 Å². The van der Waals surface area contributed by atoms with Gasteiger partial charge in [-0.1, -0.05) is 30.3 Å². The fourth-order valence-corrected chi connectivity index (χ4v) is 4.75. The minimum Gasteiger partial charge on any atom is -0.393 e. The Morgan fingerprint density at radius 2 is 1.86 bits per heavy atom. The number of imidazole rings is 1. The first-order valence-electron chi connectivity index (χ1n) is 10.0. The largest absolute Gasteiger partial charge is 0.393 e. The molecule has 1 unspecified atom stereocenters. The van der Waals surface area contributed by atoms with Crippen LogP contribution in [-0.4, -0.2) is 48.6 Å². The third-order valence-electron chi connectivity index (χ3n) is 6.13. The van der Waals surface area contributed by atoms with E-state index in [0.29, 0.717) is 18.4 Å². The smallest absolute Gasteiger partial charge is 0.256 e. The van der Waals surface area contributed by atoms with E-state index in [9.17, 15) is 9.90 Å². The maximum atomic E-state index is 13.1. The van der Waals surface area contributed by atoms with Crippen LogP contribution in [0.1, 0.15) is 41.6 Å². The Kier molecular flexibility index (Phi) is 4.36. The summed E-state index contributed by atoms with van der Waals surface area (Å²) in [7, 11) is 0. The number of piperidine rings is 1. The molecule has 6 heteroatoms. The van der Waals surface area contributed by atoms with E-state index >= 15 is 0 Å². The number of aryl methyl sites for hydroxylation is 2. The summed E-state index contributed by atoms with van der Waals surface area (Å²) in [5.41, 5.74) is 3.43. The second-order valence-corrected chi connectivity index (χ2v) is 7.96. The standard InChI is InChI=1S/C22H24N4O2/c27-19-11-17-6-7-18(12-19)26(17)22(28)16-10-20-21(23-13-16)25(14-24-20)9-8-15-4-2-1-3-5-15/h1-5,10,13-14,17-19,27H,6-9,11-12H2/t17-,18+,19?. The van der Waals surface area contributed by atoms with Gasteiger partial charge in [-0.15, -0.1) is 0 Å². The fourth-order valence-electron chi connectivity index (χ4n) is 4.75. The maximum absolute atomic E-state index is 13.1. The van der Waals surface area contributed by atoms with Crippen molar-refractivity contribution in [2.24, 2.45) is 0 Å². The van der Waals surface area contributed by atoms with Gasteiger partial charge in [0.1, 0.15) is 5.52 Å². The average molecular weight is 376 g/mol. The highest BCUT2D eigenvalue weighted by Gasteiger charge is 2.43. The van der Waals surface area contributed by atoms with Gasteiger partial charge in [0, 0.05) is 24.8 Å². The van der Waals surface area contributed by atoms with Crippen molar-refractivity contribution >= 4 is 17.1 Å². The van der Waals surface area contributed by atoms with Crippen molar-refractivity contribution in [3.05, 3.63) is 60.0 Å². The second kappa shape index (κ2) is 7.02. The van der Waals surface area contributed by atoms with Gasteiger partial charge < -0.3 is 14.6 Å². The summed E-state index contributed by atoms with van der Waals surface area (Å²) in [6.07, 6.45) is 7.45. The van der Waals surface area contributed by atoms with Crippen LogP contribution in [0.3, 0.4) is 0 Å². The van der Waals surface area contributed by atoms with Crippen molar-refractivity contribution in [2.75, 3.05) is 0 Å². The lowest BCUT2D eigenvalue weighted by Gasteiger charge is -2.37. The van der Waals surface area contributed by atoms with E-state index in [2.05, 4.69) is 22.1 Å². The average Bonchev–Trinajstić information content (AvgIpc) is 3.24. The van der Waals surface area contributed by atoms with Crippen molar-refractivity contribution in [2.45, 2.75) is 56.8 Å². The zero-order chi connectivity index (χ0) is 19.1. The van der Waals surface area contributed by atoms with Crippen LogP contribution < -0.4 is 0 Å². The first-order valence-corrected chi connectivity index (χ1v) is 10.0. The van der Waals surface area contributed by atoms with Crippen LogP contribution in [0.2, 0.25) is 0 Å². The highest BCUT2D eigenvalue weighted by Crippen LogP contribution is 2.36. The van der Waals surface area contributed by atoms with Crippen LogP contribution in [0.25, 0.3) is 11.2 Å². The van der Waals surface area contributed by atoms with Gasteiger partial charge >= 0.3 is 0 Å². The number of carbonyl (C=O) groups excluding carboxylic acids is 1. The van der Waals surface area contributed by atoms with Crippen LogP contribution >= 0.6 is 0 Å². The molecule has 4 heterocycles. The van der Waals surface area contributed by atoms with Crippen LogP contribution in [0.4, 0.5) is 0 Å². The minimum absolute atomic E-state index is 0.0210. The quantitative estimate of drug-likeness (QED) is 0.760. The summed E-state index contributed by atoms with van der Waals surface area (Å²) < 4.78 is 2.04. The Morgan fingerprint density at radius 1 is 1.11 bits per heavy atom. The Bertz CT molecular complexity index is 986. The Balaban J connectivity index is 1.35. The number of aliphatic hydroxyl groups is 1. The summed E-state index contributed by atoms with van der Waals surface area (Å²) >= 11 is 0. The van der Waals surface area contributed by atoms with Gasteiger partial charge in [0.2, 0.25) is 0 Å². The molecule has 2 fully saturated rings. The predicted molar refractivity (Wildman–Crippen MR) is 106 cm³/mol. The second-order valence-electron chi connectivity index (χ2n) is 7.96. The topological polar surface area (TPSA) is 71.2 Å². The molecule has 0 saturated carbocycles. The zero-order valence-electron chi connectivity index (χ0n) is 15.7. The molecule has 2 saturated heterocycles. The third-order valence-corrected chi connectivity index (χ3v) is 6.13. The molecule has 5 rings (SSSR count). The first-order chi connectivity index (χ1) is 13.7. The summed E-state index contributed by atoms with van der Waals surface area (Å²) in [6.45, 7) is 0.801. The van der Waals surface area contributed by atoms with Crippen LogP contribution in [-0.2, 0) is 13.0 Å². The molecule has 28 heavy (non-hydrogen) atoms. The van der Waals surface area contributed by atoms with E-state index < -0.39 is 0 Å². The molecule has 1 N–H and O–H groups in total. The highest BCUT2D eigenvalue weighted by atomic mass is 16.3. The highest BCUT2D eigenvalue weighted by molar-refractivity contribution is 5.97. The minimum atomic E-state index is -0.275. The van der Waals surface area contributed by atoms with Gasteiger partial charge in [0.25, 0.3) is 5.91 Å². The van der Waals surface area contributed by atoms with Gasteiger partial charge in [0.15, 0.2) is 5.65 Å². The van der Waals surface area contributed by atoms with E-state index in [1.165, 1.54) is 5.56 Å². The maximum Gasteiger partial charge on any atom is 0.256 e. The molecule has 0 radical (unpaired) electrons. The molecule has 0 aliphatic carbocycles. The van der Waals surface area contributed by atoms with Gasteiger partial charge in [0.05, 0.1) is 18.0 Å². The zero-order valence-corrected chi connectivity index (χ0v) is 15.7. The van der Waals surface area contributed by atoms with Gasteiger partial charge in [-0.05, 0) is 43.7 Å². The lowest BCUT2D eigenvalue weighted by molar-refractivity contribution is 0.0286. The van der Waals surface area contributed by atoms with Gasteiger partial charge in [-0.25, -0.2) is 9.97 Å². The van der Waals surface area contributed by atoms with Crippen molar-refractivity contribution in [1.82, 2.24) is 19.4 Å². The van der Waals surface area contributed by atoms with E-state index in [-0.39, 0.29) is 24.1 Å². The van der Waals surface area contributed by atoms with Gasteiger partial charge in [-0.3, -0.25) is 4.79 Å². The summed E-state index contributed by atoms with van der Waals surface area (Å²) in [5.74, 6) is 0.0210. The molecule has 2 bridgehead atoms. The van der Waals surface area contributed by atoms with Crippen LogP contribution in [0, 0.1) is 0 Å². The molecule has 0 spiro atoms. The lowest BCUT2D eigenvalue weighted by atomic mass is 9.99. The van der Waals surface area contributed by atoms with Crippen LogP contribution in [0.5, 0.6) is 0 Å². The number of aliphatic hydroxyl groups excluding tert-OH is 1. The molecule has 2 aliphatic rings. The molecule has 3 aromatic rings. The third kappa shape index (κ3) is 3.07. The number of amides is 1. The fraction of sp³-hybridized carbons (Fsp3) is 0.409. The molecular weight excluding hydrogens is 352 g/mol. The Hall–Kier alpha value is -2.73. The normalized spacial score (nSPS) is 24.0. The van der Waals surface area contributed by atoms with E-state index in [1.54, 1.807) is 12.5 Å². The van der Waals surface area contributed by atoms with Crippen molar-refractivity contribution < 1.29 is 9.90 Å². The number of benzene rings is 1. The predicted octanol–water partition coefficient (Wildman–Crippen LogP) is 2.80. The van der Waals surface area contributed by atoms with Crippen molar-refractivity contribution in [1.29, 1.82) is 0 Å². The summed E-state index contributed by atoms with van der Waals surface area (Å²) in [5, 5.41) is 9.97. The first kappa shape index (κ1) is 17.4. The Morgan fingerprint density at radius 3 is 2.61 bits per heavy atom. The summed E-state index contributed by atoms with van der Waals surface area (Å²) in [6, 6.07) is 12.5. The van der Waals surface area contributed by atoms with Crippen molar-refractivity contribution in [3.8, 4) is 0 Å². The molecule has 1 amide bonds. The molecule has 1 aromatic carbocycles.